The predicted molar refractivity (Wildman–Crippen MR) is 76.1 cm³/mol. The third kappa shape index (κ3) is 2.85. The second kappa shape index (κ2) is 5.30. The number of benzene rings is 1. The van der Waals surface area contributed by atoms with Crippen molar-refractivity contribution < 1.29 is 4.39 Å². The highest BCUT2D eigenvalue weighted by atomic mass is 79.9. The van der Waals surface area contributed by atoms with Crippen LogP contribution < -0.4 is 11.1 Å². The number of nitrogen functional groups attached to an aromatic ring is 1. The first-order valence-electron chi connectivity index (χ1n) is 4.81. The van der Waals surface area contributed by atoms with Gasteiger partial charge in [-0.25, -0.2) is 9.37 Å². The maximum absolute atomic E-state index is 13.1. The molecule has 7 heteroatoms. The summed E-state index contributed by atoms with van der Waals surface area (Å²) in [5.74, 6) is 0.178. The average Bonchev–Trinajstić information content (AvgIpc) is 2.31. The number of hydrogen-bond acceptors (Lipinski definition) is 3. The van der Waals surface area contributed by atoms with Crippen molar-refractivity contribution in [2.75, 3.05) is 11.1 Å². The van der Waals surface area contributed by atoms with Crippen LogP contribution >= 0.6 is 39.1 Å². The van der Waals surface area contributed by atoms with Crippen molar-refractivity contribution in [2.24, 2.45) is 0 Å². The van der Waals surface area contributed by atoms with E-state index in [2.05, 4.69) is 26.2 Å². The van der Waals surface area contributed by atoms with Crippen LogP contribution in [0.4, 0.5) is 21.7 Å². The number of nitrogens with one attached hydrogen (secondary N) is 1. The Bertz CT molecular complexity index is 607. The van der Waals surface area contributed by atoms with E-state index in [1.807, 2.05) is 0 Å². The molecule has 0 fully saturated rings. The fraction of sp³-hybridized carbons (Fsp3) is 0. The fourth-order valence-electron chi connectivity index (χ4n) is 1.28. The van der Waals surface area contributed by atoms with Crippen LogP contribution in [0.15, 0.2) is 28.7 Å². The Morgan fingerprint density at radius 1 is 1.22 bits per heavy atom. The maximum Gasteiger partial charge on any atom is 0.151 e. The lowest BCUT2D eigenvalue weighted by atomic mass is 10.3. The van der Waals surface area contributed by atoms with Crippen LogP contribution in [0.2, 0.25) is 10.0 Å². The zero-order valence-corrected chi connectivity index (χ0v) is 11.9. The Morgan fingerprint density at radius 2 is 1.94 bits per heavy atom. The molecule has 1 heterocycles. The Balaban J connectivity index is 2.34. The summed E-state index contributed by atoms with van der Waals surface area (Å²) < 4.78 is 13.4. The number of aromatic nitrogens is 1. The lowest BCUT2D eigenvalue weighted by Crippen LogP contribution is -1.99. The van der Waals surface area contributed by atoms with Crippen molar-refractivity contribution in [1.29, 1.82) is 0 Å². The Kier molecular flexibility index (Phi) is 3.94. The molecule has 0 atom stereocenters. The Labute approximate surface area is 121 Å². The molecule has 0 unspecified atom stereocenters. The molecule has 0 aliphatic carbocycles. The first-order chi connectivity index (χ1) is 8.47. The Morgan fingerprint density at radius 3 is 2.61 bits per heavy atom. The third-order valence-electron chi connectivity index (χ3n) is 2.14. The van der Waals surface area contributed by atoms with Crippen molar-refractivity contribution in [1.82, 2.24) is 4.98 Å². The third-order valence-corrected chi connectivity index (χ3v) is 3.34. The molecule has 0 bridgehead atoms. The average molecular weight is 351 g/mol. The largest absolute Gasteiger partial charge is 0.382 e. The van der Waals surface area contributed by atoms with E-state index in [4.69, 9.17) is 28.9 Å². The lowest BCUT2D eigenvalue weighted by Gasteiger charge is -2.09. The topological polar surface area (TPSA) is 50.9 Å². The van der Waals surface area contributed by atoms with Crippen LogP contribution in [0.3, 0.4) is 0 Å². The van der Waals surface area contributed by atoms with Crippen molar-refractivity contribution >= 4 is 56.5 Å². The zero-order valence-electron chi connectivity index (χ0n) is 8.85. The van der Waals surface area contributed by atoms with E-state index in [0.717, 1.165) is 0 Å². The molecule has 3 N–H and O–H groups in total. The SMILES string of the molecule is Nc1nc(Nc2ccc(F)c(Br)c2)c(Cl)cc1Cl. The summed E-state index contributed by atoms with van der Waals surface area (Å²) >= 11 is 14.8. The minimum Gasteiger partial charge on any atom is -0.382 e. The molecular formula is C11H7BrCl2FN3. The molecule has 2 rings (SSSR count). The van der Waals surface area contributed by atoms with Gasteiger partial charge in [-0.1, -0.05) is 23.2 Å². The molecule has 1 aromatic heterocycles. The van der Waals surface area contributed by atoms with Crippen LogP contribution in [-0.4, -0.2) is 4.98 Å². The van der Waals surface area contributed by atoms with E-state index in [1.165, 1.54) is 12.1 Å². The van der Waals surface area contributed by atoms with Gasteiger partial charge in [0.25, 0.3) is 0 Å². The molecule has 3 nitrogen and oxygen atoms in total. The fourth-order valence-corrected chi connectivity index (χ4v) is 2.06. The van der Waals surface area contributed by atoms with Gasteiger partial charge in [-0.2, -0.15) is 0 Å². The quantitative estimate of drug-likeness (QED) is 0.831. The predicted octanol–water partition coefficient (Wildman–Crippen LogP) is 4.62. The molecule has 94 valence electrons. The molecule has 0 saturated carbocycles. The number of halogens is 4. The molecule has 18 heavy (non-hydrogen) atoms. The Hall–Kier alpha value is -1.04. The van der Waals surface area contributed by atoms with E-state index < -0.39 is 0 Å². The number of pyridine rings is 1. The molecule has 0 aliphatic rings. The number of rotatable bonds is 2. The monoisotopic (exact) mass is 349 g/mol. The first-order valence-corrected chi connectivity index (χ1v) is 6.36. The summed E-state index contributed by atoms with van der Waals surface area (Å²) in [7, 11) is 0. The summed E-state index contributed by atoms with van der Waals surface area (Å²) in [6.07, 6.45) is 0. The number of hydrogen-bond donors (Lipinski definition) is 2. The van der Waals surface area contributed by atoms with Gasteiger partial charge in [0.05, 0.1) is 14.5 Å². The van der Waals surface area contributed by atoms with Gasteiger partial charge in [-0.3, -0.25) is 0 Å². The van der Waals surface area contributed by atoms with Gasteiger partial charge in [0.1, 0.15) is 11.6 Å². The van der Waals surface area contributed by atoms with E-state index in [1.54, 1.807) is 12.1 Å². The van der Waals surface area contributed by atoms with Gasteiger partial charge in [-0.05, 0) is 40.2 Å². The van der Waals surface area contributed by atoms with Gasteiger partial charge < -0.3 is 11.1 Å². The molecule has 0 amide bonds. The first kappa shape index (κ1) is 13.4. The van der Waals surface area contributed by atoms with E-state index >= 15 is 0 Å². The van der Waals surface area contributed by atoms with Crippen LogP contribution in [0, 0.1) is 5.82 Å². The van der Waals surface area contributed by atoms with Crippen LogP contribution in [0.5, 0.6) is 0 Å². The molecule has 0 saturated heterocycles. The van der Waals surface area contributed by atoms with Gasteiger partial charge in [0.15, 0.2) is 5.82 Å². The van der Waals surface area contributed by atoms with E-state index in [-0.39, 0.29) is 16.7 Å². The van der Waals surface area contributed by atoms with Crippen molar-refractivity contribution in [3.8, 4) is 0 Å². The number of anilines is 3. The second-order valence-corrected chi connectivity index (χ2v) is 5.11. The van der Waals surface area contributed by atoms with Crippen LogP contribution in [0.25, 0.3) is 0 Å². The van der Waals surface area contributed by atoms with Gasteiger partial charge in [0, 0.05) is 5.69 Å². The van der Waals surface area contributed by atoms with Crippen molar-refractivity contribution in [3.05, 3.63) is 44.6 Å². The van der Waals surface area contributed by atoms with Gasteiger partial charge in [-0.15, -0.1) is 0 Å². The van der Waals surface area contributed by atoms with Crippen molar-refractivity contribution in [2.45, 2.75) is 0 Å². The number of nitrogens with zero attached hydrogens (tertiary/aromatic N) is 1. The summed E-state index contributed by atoms with van der Waals surface area (Å²) in [6, 6.07) is 5.94. The standard InChI is InChI=1S/C11H7BrCl2FN3/c12-6-3-5(1-2-9(6)15)17-11-8(14)4-7(13)10(16)18-11/h1-4H,(H3,16,17,18). The minimum atomic E-state index is -0.352. The minimum absolute atomic E-state index is 0.171. The summed E-state index contributed by atoms with van der Waals surface area (Å²) in [6.45, 7) is 0. The molecule has 0 radical (unpaired) electrons. The molecule has 0 spiro atoms. The van der Waals surface area contributed by atoms with Crippen molar-refractivity contribution in [3.63, 3.8) is 0 Å². The van der Waals surface area contributed by atoms with E-state index in [0.29, 0.717) is 21.0 Å². The number of nitrogens with two attached hydrogens (primary N) is 1. The maximum atomic E-state index is 13.1. The highest BCUT2D eigenvalue weighted by Crippen LogP contribution is 2.30. The summed E-state index contributed by atoms with van der Waals surface area (Å²) in [4.78, 5) is 4.01. The van der Waals surface area contributed by atoms with Gasteiger partial charge in [0.2, 0.25) is 0 Å². The van der Waals surface area contributed by atoms with Crippen LogP contribution in [0.1, 0.15) is 0 Å². The normalized spacial score (nSPS) is 10.4. The zero-order chi connectivity index (χ0) is 13.3. The second-order valence-electron chi connectivity index (χ2n) is 3.44. The molecular weight excluding hydrogens is 344 g/mol. The highest BCUT2D eigenvalue weighted by Gasteiger charge is 2.08. The van der Waals surface area contributed by atoms with Gasteiger partial charge >= 0.3 is 0 Å². The smallest absolute Gasteiger partial charge is 0.151 e. The summed E-state index contributed by atoms with van der Waals surface area (Å²) in [5.41, 5.74) is 6.21. The van der Waals surface area contributed by atoms with E-state index in [9.17, 15) is 4.39 Å². The lowest BCUT2D eigenvalue weighted by molar-refractivity contribution is 0.621. The molecule has 1 aromatic carbocycles. The molecule has 0 aliphatic heterocycles. The highest BCUT2D eigenvalue weighted by molar-refractivity contribution is 9.10. The molecule has 2 aromatic rings. The summed E-state index contributed by atoms with van der Waals surface area (Å²) in [5, 5.41) is 3.54. The van der Waals surface area contributed by atoms with Crippen LogP contribution in [-0.2, 0) is 0 Å².